The maximum absolute atomic E-state index is 6.03. The first-order chi connectivity index (χ1) is 21.4. The molecule has 3 aliphatic rings. The van der Waals surface area contributed by atoms with Gasteiger partial charge in [-0.05, 0) is 77.0 Å². The maximum atomic E-state index is 6.03. The first-order valence-electron chi connectivity index (χ1n) is 17.5. The first-order valence-corrected chi connectivity index (χ1v) is 24.7. The summed E-state index contributed by atoms with van der Waals surface area (Å²) in [5.41, 5.74) is 4.59. The Labute approximate surface area is 282 Å². The summed E-state index contributed by atoms with van der Waals surface area (Å²) in [4.78, 5) is 0. The third-order valence-corrected chi connectivity index (χ3v) is 16.1. The molecule has 0 aliphatic heterocycles. The number of hydrogen-bond acceptors (Lipinski definition) is 2. The van der Waals surface area contributed by atoms with E-state index in [4.69, 9.17) is 28.9 Å². The van der Waals surface area contributed by atoms with Crippen molar-refractivity contribution >= 4 is 31.9 Å². The first kappa shape index (κ1) is 36.4. The normalized spacial score (nSPS) is 19.0. The Hall–Kier alpha value is -0.467. The van der Waals surface area contributed by atoms with Crippen molar-refractivity contribution in [2.45, 2.75) is 153 Å². The fourth-order valence-electron chi connectivity index (χ4n) is 7.67. The van der Waals surface area contributed by atoms with Gasteiger partial charge in [0, 0.05) is 7.92 Å². The Morgan fingerprint density at radius 3 is 1.93 bits per heavy atom. The molecule has 0 amide bonds. The zero-order valence-electron chi connectivity index (χ0n) is 27.6. The van der Waals surface area contributed by atoms with Crippen LogP contribution in [0.15, 0.2) is 36.9 Å². The molecule has 0 unspecified atom stereocenters. The molecule has 0 N–H and O–H groups in total. The number of aromatic nitrogens is 2. The SMILES string of the molecule is C1CCC([PH+](C2CCCCC2)C2CCCCC2)CC1.CC(C)Oc1ccc(OCCCCn2cc[n+](C)c2)cc1[CH]=[Ru]([Cl])[Cl]. The van der Waals surface area contributed by atoms with Crippen LogP contribution in [0.25, 0.3) is 0 Å². The molecular formula is C36H59Cl2N2O2PRu+2. The molecule has 1 heterocycles. The second kappa shape index (κ2) is 20.0. The number of imidazole rings is 1. The third-order valence-electron chi connectivity index (χ3n) is 9.66. The van der Waals surface area contributed by atoms with Crippen LogP contribution in [0, 0.1) is 0 Å². The molecule has 0 bridgehead atoms. The fraction of sp³-hybridized carbons (Fsp3) is 0.722. The molecule has 2 aromatic rings. The predicted molar refractivity (Wildman–Crippen MR) is 188 cm³/mol. The van der Waals surface area contributed by atoms with Crippen LogP contribution in [-0.2, 0) is 27.1 Å². The summed E-state index contributed by atoms with van der Waals surface area (Å²) in [6, 6.07) is 5.81. The number of halogens is 2. The molecule has 0 atom stereocenters. The van der Waals surface area contributed by atoms with Crippen LogP contribution < -0.4 is 14.0 Å². The van der Waals surface area contributed by atoms with E-state index in [-0.39, 0.29) is 14.0 Å². The van der Waals surface area contributed by atoms with Gasteiger partial charge in [0.05, 0.1) is 24.0 Å². The molecule has 4 nitrogen and oxygen atoms in total. The van der Waals surface area contributed by atoms with Crippen molar-refractivity contribution in [2.75, 3.05) is 6.61 Å². The van der Waals surface area contributed by atoms with E-state index in [2.05, 4.69) is 17.1 Å². The van der Waals surface area contributed by atoms with Crippen LogP contribution in [0.4, 0.5) is 0 Å². The van der Waals surface area contributed by atoms with Crippen molar-refractivity contribution < 1.29 is 27.6 Å². The van der Waals surface area contributed by atoms with E-state index in [1.54, 1.807) is 96.3 Å². The third kappa shape index (κ3) is 12.6. The van der Waals surface area contributed by atoms with E-state index in [0.717, 1.165) is 36.4 Å². The average Bonchev–Trinajstić information content (AvgIpc) is 3.44. The van der Waals surface area contributed by atoms with Crippen LogP contribution in [0.5, 0.6) is 11.5 Å². The molecule has 0 saturated heterocycles. The average molecular weight is 755 g/mol. The van der Waals surface area contributed by atoms with E-state index in [1.165, 1.54) is 17.0 Å². The Bertz CT molecular complexity index is 1080. The minimum absolute atomic E-state index is 0.0465. The van der Waals surface area contributed by atoms with Crippen molar-refractivity contribution in [1.29, 1.82) is 0 Å². The number of nitrogens with zero attached hydrogens (tertiary/aromatic N) is 2. The molecule has 3 aliphatic carbocycles. The Morgan fingerprint density at radius 2 is 1.45 bits per heavy atom. The van der Waals surface area contributed by atoms with Crippen LogP contribution in [0.2, 0.25) is 0 Å². The molecule has 5 rings (SSSR count). The number of benzene rings is 1. The van der Waals surface area contributed by atoms with Crippen LogP contribution in [0.1, 0.15) is 129 Å². The van der Waals surface area contributed by atoms with Gasteiger partial charge < -0.3 is 0 Å². The monoisotopic (exact) mass is 754 g/mol. The molecule has 0 radical (unpaired) electrons. The summed E-state index contributed by atoms with van der Waals surface area (Å²) in [5, 5.41) is 0. The summed E-state index contributed by atoms with van der Waals surface area (Å²) in [5.74, 6) is 1.61. The molecule has 3 saturated carbocycles. The van der Waals surface area contributed by atoms with Crippen molar-refractivity contribution in [2.24, 2.45) is 7.05 Å². The van der Waals surface area contributed by atoms with E-state index in [1.807, 2.05) is 54.5 Å². The van der Waals surface area contributed by atoms with Gasteiger partial charge in [0.2, 0.25) is 0 Å². The zero-order valence-corrected chi connectivity index (χ0v) is 31.9. The molecule has 1 aromatic carbocycles. The Morgan fingerprint density at radius 1 is 0.886 bits per heavy atom. The number of hydrogen-bond donors (Lipinski definition) is 0. The molecule has 250 valence electrons. The number of aryl methyl sites for hydroxylation is 2. The van der Waals surface area contributed by atoms with Gasteiger partial charge in [0.25, 0.3) is 0 Å². The second-order valence-corrected chi connectivity index (χ2v) is 22.7. The quantitative estimate of drug-likeness (QED) is 0.0934. The van der Waals surface area contributed by atoms with Gasteiger partial charge in [-0.2, -0.15) is 0 Å². The van der Waals surface area contributed by atoms with Gasteiger partial charge in [-0.3, -0.25) is 0 Å². The van der Waals surface area contributed by atoms with Gasteiger partial charge in [0.15, 0.2) is 0 Å². The predicted octanol–water partition coefficient (Wildman–Crippen LogP) is 10.2. The minimum atomic E-state index is -1.92. The number of ether oxygens (including phenoxy) is 2. The van der Waals surface area contributed by atoms with E-state index in [9.17, 15) is 0 Å². The van der Waals surface area contributed by atoms with Gasteiger partial charge in [-0.25, -0.2) is 0 Å². The van der Waals surface area contributed by atoms with Crippen molar-refractivity contribution in [1.82, 2.24) is 4.57 Å². The summed E-state index contributed by atoms with van der Waals surface area (Å²) < 4.78 is 17.8. The zero-order chi connectivity index (χ0) is 31.1. The van der Waals surface area contributed by atoms with Gasteiger partial charge in [-0.15, -0.1) is 0 Å². The summed E-state index contributed by atoms with van der Waals surface area (Å²) in [7, 11) is 14.0. The molecular weight excluding hydrogens is 695 g/mol. The summed E-state index contributed by atoms with van der Waals surface area (Å²) >= 11 is -1.92. The summed E-state index contributed by atoms with van der Waals surface area (Å²) in [6.07, 6.45) is 32.2. The Kier molecular flexibility index (Phi) is 16.6. The molecule has 3 fully saturated rings. The van der Waals surface area contributed by atoms with E-state index in [0.29, 0.717) is 6.61 Å². The molecule has 0 spiro atoms. The topological polar surface area (TPSA) is 27.3 Å². The van der Waals surface area contributed by atoms with Crippen molar-refractivity contribution in [3.63, 3.8) is 0 Å². The number of unbranched alkanes of at least 4 members (excludes halogenated alkanes) is 1. The van der Waals surface area contributed by atoms with Crippen LogP contribution in [0.3, 0.4) is 0 Å². The van der Waals surface area contributed by atoms with Crippen LogP contribution >= 0.6 is 27.3 Å². The van der Waals surface area contributed by atoms with Gasteiger partial charge >= 0.3 is 156 Å². The van der Waals surface area contributed by atoms with Gasteiger partial charge in [-0.1, -0.05) is 19.3 Å². The second-order valence-electron chi connectivity index (χ2n) is 13.6. The molecule has 1 aromatic heterocycles. The number of rotatable bonds is 12. The van der Waals surface area contributed by atoms with E-state index >= 15 is 0 Å². The molecule has 8 heteroatoms. The molecule has 44 heavy (non-hydrogen) atoms. The fourth-order valence-corrected chi connectivity index (χ4v) is 14.7. The van der Waals surface area contributed by atoms with Gasteiger partial charge in [0.1, 0.15) is 0 Å². The summed E-state index contributed by atoms with van der Waals surface area (Å²) in [6.45, 7) is 5.67. The van der Waals surface area contributed by atoms with Crippen molar-refractivity contribution in [3.05, 3.63) is 42.5 Å². The van der Waals surface area contributed by atoms with Crippen molar-refractivity contribution in [3.8, 4) is 11.5 Å². The standard InChI is InChI=1S/C18H25N2O2.C18H33P.2ClH.Ru/c1-15(2)22-18-8-7-17(13-16(18)3)21-12-6-5-9-20-11-10-19(4)14-20;1-4-10-16(11-5-1)19(17-12-6-2-7-13-17)18-14-8-3-9-15-18;;;/h3,7-8,10-11,13-15H,5-6,9,12H2,1-2,4H3;16-18H,1-15H2;2*1H;/q+1;;;;+2/p-1. The van der Waals surface area contributed by atoms with Crippen LogP contribution in [-0.4, -0.2) is 38.9 Å². The van der Waals surface area contributed by atoms with E-state index < -0.39 is 13.5 Å². The Balaban J connectivity index is 0.000000208.